The molecule has 0 saturated carbocycles. The van der Waals surface area contributed by atoms with Crippen molar-refractivity contribution in [3.63, 3.8) is 0 Å². The van der Waals surface area contributed by atoms with Crippen molar-refractivity contribution >= 4 is 11.0 Å². The summed E-state index contributed by atoms with van der Waals surface area (Å²) in [5, 5.41) is 0. The van der Waals surface area contributed by atoms with Crippen molar-refractivity contribution < 1.29 is 22.0 Å². The fourth-order valence-corrected chi connectivity index (χ4v) is 2.70. The number of nitrogens with two attached hydrogens (primary N) is 1. The van der Waals surface area contributed by atoms with E-state index in [2.05, 4.69) is 9.97 Å². The summed E-state index contributed by atoms with van der Waals surface area (Å²) in [6, 6.07) is 5.33. The van der Waals surface area contributed by atoms with Gasteiger partial charge in [0.15, 0.2) is 0 Å². The maximum absolute atomic E-state index is 12.6. The van der Waals surface area contributed by atoms with Gasteiger partial charge in [0.05, 0.1) is 11.7 Å². The van der Waals surface area contributed by atoms with Crippen LogP contribution in [0.15, 0.2) is 36.5 Å². The normalized spacial score (nSPS) is 16.8. The summed E-state index contributed by atoms with van der Waals surface area (Å²) in [6.07, 6.45) is -1.76. The number of benzene rings is 1. The summed E-state index contributed by atoms with van der Waals surface area (Å²) >= 11 is 0. The highest BCUT2D eigenvalue weighted by Gasteiger charge is 2.33. The lowest BCUT2D eigenvalue weighted by atomic mass is 10.1. The molecule has 2 N–H and O–H groups in total. The maximum atomic E-state index is 12.6. The Labute approximate surface area is 145 Å². The van der Waals surface area contributed by atoms with Gasteiger partial charge in [-0.05, 0) is 36.8 Å². The van der Waals surface area contributed by atoms with Gasteiger partial charge >= 0.3 is 6.18 Å². The molecule has 1 aromatic carbocycles. The van der Waals surface area contributed by atoms with Crippen LogP contribution in [0.5, 0.6) is 0 Å². The molecule has 3 aromatic rings. The monoisotopic (exact) mass is 370 g/mol. The highest BCUT2D eigenvalue weighted by Crippen LogP contribution is 2.30. The Kier molecular flexibility index (Phi) is 4.90. The van der Waals surface area contributed by atoms with Crippen molar-refractivity contribution in [3.8, 4) is 0 Å². The molecule has 0 unspecified atom stereocenters. The minimum atomic E-state index is -4.43. The summed E-state index contributed by atoms with van der Waals surface area (Å²) in [5.41, 5.74) is 5.90. The fourth-order valence-electron chi connectivity index (χ4n) is 2.70. The molecule has 0 amide bonds. The number of pyridine rings is 1. The number of fused-ring (bicyclic) bond motifs is 3. The third-order valence-electron chi connectivity index (χ3n) is 3.96. The lowest BCUT2D eigenvalue weighted by Crippen LogP contribution is -2.31. The zero-order valence-electron chi connectivity index (χ0n) is 13.5. The van der Waals surface area contributed by atoms with Crippen LogP contribution in [0.2, 0.25) is 0 Å². The molecule has 1 aliphatic rings. The Morgan fingerprint density at radius 2 is 1.69 bits per heavy atom. The second-order valence-corrected chi connectivity index (χ2v) is 5.93. The predicted octanol–water partition coefficient (Wildman–Crippen LogP) is 3.69. The summed E-state index contributed by atoms with van der Waals surface area (Å²) in [7, 11) is 0. The van der Waals surface area contributed by atoms with Crippen molar-refractivity contribution in [2.45, 2.75) is 31.6 Å². The second-order valence-electron chi connectivity index (χ2n) is 5.93. The van der Waals surface area contributed by atoms with Gasteiger partial charge in [0, 0.05) is 19.0 Å². The van der Waals surface area contributed by atoms with Gasteiger partial charge in [-0.15, -0.1) is 0 Å². The number of aryl methyl sites for hydroxylation is 1. The largest absolute Gasteiger partial charge is 0.433 e. The number of aromatic nitrogens is 3. The number of hydrogen-bond acceptors (Lipinski definition) is 3. The minimum Gasteiger partial charge on any atom is -0.326 e. The zero-order chi connectivity index (χ0) is 18.9. The molecule has 0 fully saturated rings. The van der Waals surface area contributed by atoms with Crippen LogP contribution in [0.1, 0.15) is 17.9 Å². The average molecular weight is 370 g/mol. The third-order valence-corrected chi connectivity index (χ3v) is 3.96. The van der Waals surface area contributed by atoms with E-state index >= 15 is 0 Å². The van der Waals surface area contributed by atoms with Gasteiger partial charge in [-0.1, -0.05) is 0 Å². The first-order valence-electron chi connectivity index (χ1n) is 7.83. The third kappa shape index (κ3) is 3.98. The molecule has 9 heteroatoms. The maximum Gasteiger partial charge on any atom is 0.433 e. The first-order chi connectivity index (χ1) is 12.2. The van der Waals surface area contributed by atoms with E-state index in [0.717, 1.165) is 42.6 Å². The Morgan fingerprint density at radius 3 is 2.27 bits per heavy atom. The quantitative estimate of drug-likeness (QED) is 0.614. The molecule has 4 nitrogen and oxygen atoms in total. The van der Waals surface area contributed by atoms with Crippen LogP contribution in [0, 0.1) is 11.6 Å². The van der Waals surface area contributed by atoms with E-state index in [1.165, 1.54) is 6.20 Å². The average Bonchev–Trinajstić information content (AvgIpc) is 2.94. The number of imidazole rings is 1. The summed E-state index contributed by atoms with van der Waals surface area (Å²) in [5.74, 6) is -0.0365. The van der Waals surface area contributed by atoms with Gasteiger partial charge in [0.2, 0.25) is 0 Å². The zero-order valence-corrected chi connectivity index (χ0v) is 13.5. The fraction of sp³-hybridized carbons (Fsp3) is 0.294. The van der Waals surface area contributed by atoms with E-state index in [-0.39, 0.29) is 6.04 Å². The van der Waals surface area contributed by atoms with Gasteiger partial charge in [0.1, 0.15) is 28.7 Å². The van der Waals surface area contributed by atoms with Crippen LogP contribution in [-0.2, 0) is 19.1 Å². The van der Waals surface area contributed by atoms with Gasteiger partial charge in [0.25, 0.3) is 0 Å². The van der Waals surface area contributed by atoms with E-state index < -0.39 is 23.5 Å². The van der Waals surface area contributed by atoms with Gasteiger partial charge in [-0.3, -0.25) is 0 Å². The molecule has 0 spiro atoms. The van der Waals surface area contributed by atoms with E-state index in [1.54, 1.807) is 4.57 Å². The molecule has 1 aliphatic heterocycles. The van der Waals surface area contributed by atoms with Crippen LogP contribution in [0.4, 0.5) is 22.0 Å². The molecular formula is C17H15F5N4. The minimum absolute atomic E-state index is 0.0302. The molecule has 138 valence electrons. The van der Waals surface area contributed by atoms with Crippen molar-refractivity contribution in [1.29, 1.82) is 0 Å². The topological polar surface area (TPSA) is 56.7 Å². The van der Waals surface area contributed by atoms with Crippen LogP contribution in [0.3, 0.4) is 0 Å². The standard InChI is InChI=1S/C11H11F3N4.C6H4F2/c12-11(13,14)9-3-8-7(4-16-9)17-10-2-1-6(15)5-18(8)10;7-5-1-2-6(8)4-3-5/h3-4,6H,1-2,5,15H2;1-4H/t6-;/m1./s1. The van der Waals surface area contributed by atoms with Crippen LogP contribution in [-0.4, -0.2) is 20.6 Å². The second kappa shape index (κ2) is 6.99. The molecule has 2 aromatic heterocycles. The molecular weight excluding hydrogens is 355 g/mol. The summed E-state index contributed by atoms with van der Waals surface area (Å²) < 4.78 is 63.4. The summed E-state index contributed by atoms with van der Waals surface area (Å²) in [4.78, 5) is 7.70. The van der Waals surface area contributed by atoms with Crippen LogP contribution < -0.4 is 5.73 Å². The first kappa shape index (κ1) is 18.2. The molecule has 0 radical (unpaired) electrons. The predicted molar refractivity (Wildman–Crippen MR) is 85.2 cm³/mol. The number of alkyl halides is 3. The molecule has 0 bridgehead atoms. The van der Waals surface area contributed by atoms with Gasteiger partial charge in [-0.2, -0.15) is 13.2 Å². The van der Waals surface area contributed by atoms with E-state index in [4.69, 9.17) is 5.73 Å². The van der Waals surface area contributed by atoms with E-state index in [0.29, 0.717) is 24.0 Å². The Morgan fingerprint density at radius 1 is 1.08 bits per heavy atom. The molecule has 0 saturated heterocycles. The molecule has 1 atom stereocenters. The van der Waals surface area contributed by atoms with Gasteiger partial charge < -0.3 is 10.3 Å². The molecule has 3 heterocycles. The Bertz CT molecular complexity index is 881. The smallest absolute Gasteiger partial charge is 0.326 e. The number of halogens is 5. The molecule has 4 rings (SSSR count). The van der Waals surface area contributed by atoms with Gasteiger partial charge in [-0.25, -0.2) is 18.7 Å². The van der Waals surface area contributed by atoms with Crippen molar-refractivity contribution in [2.75, 3.05) is 0 Å². The highest BCUT2D eigenvalue weighted by molar-refractivity contribution is 5.75. The first-order valence-corrected chi connectivity index (χ1v) is 7.83. The van der Waals surface area contributed by atoms with Crippen LogP contribution >= 0.6 is 0 Å². The number of hydrogen-bond donors (Lipinski definition) is 1. The Balaban J connectivity index is 0.000000206. The van der Waals surface area contributed by atoms with E-state index in [1.807, 2.05) is 0 Å². The highest BCUT2D eigenvalue weighted by atomic mass is 19.4. The SMILES string of the molecule is Fc1ccc(F)cc1.N[C@@H]1CCc2nc3cnc(C(F)(F)F)cc3n2C1. The van der Waals surface area contributed by atoms with Crippen molar-refractivity contribution in [1.82, 2.24) is 14.5 Å². The van der Waals surface area contributed by atoms with E-state index in [9.17, 15) is 22.0 Å². The molecule has 26 heavy (non-hydrogen) atoms. The summed E-state index contributed by atoms with van der Waals surface area (Å²) in [6.45, 7) is 0.507. The lowest BCUT2D eigenvalue weighted by Gasteiger charge is -2.20. The molecule has 0 aliphatic carbocycles. The van der Waals surface area contributed by atoms with Crippen molar-refractivity contribution in [2.24, 2.45) is 5.73 Å². The number of nitrogens with zero attached hydrogens (tertiary/aromatic N) is 3. The Hall–Kier alpha value is -2.55. The number of rotatable bonds is 0. The lowest BCUT2D eigenvalue weighted by molar-refractivity contribution is -0.141. The van der Waals surface area contributed by atoms with Crippen LogP contribution in [0.25, 0.3) is 11.0 Å². The van der Waals surface area contributed by atoms with Crippen molar-refractivity contribution in [3.05, 3.63) is 59.7 Å².